The van der Waals surface area contributed by atoms with E-state index in [0.717, 1.165) is 6.07 Å². The number of rotatable bonds is 4. The summed E-state index contributed by atoms with van der Waals surface area (Å²) < 4.78 is 57.8. The van der Waals surface area contributed by atoms with E-state index in [-0.39, 0.29) is 36.8 Å². The third-order valence-electron chi connectivity index (χ3n) is 4.01. The maximum absolute atomic E-state index is 13.5. The van der Waals surface area contributed by atoms with Gasteiger partial charge in [-0.2, -0.15) is 13.2 Å². The average molecular weight is 371 g/mol. The van der Waals surface area contributed by atoms with Crippen LogP contribution in [0.15, 0.2) is 36.4 Å². The molecule has 1 aromatic carbocycles. The molecule has 0 unspecified atom stereocenters. The van der Waals surface area contributed by atoms with Gasteiger partial charge in [0, 0.05) is 30.9 Å². The third kappa shape index (κ3) is 4.05. The number of hydrogen-bond donors (Lipinski definition) is 2. The summed E-state index contributed by atoms with van der Waals surface area (Å²) >= 11 is 0. The van der Waals surface area contributed by atoms with Crippen molar-refractivity contribution in [2.24, 2.45) is 5.73 Å². The Morgan fingerprint density at radius 2 is 2.00 bits per heavy atom. The molecular formula is C17H17F4N3O2. The summed E-state index contributed by atoms with van der Waals surface area (Å²) in [4.78, 5) is 5.11. The van der Waals surface area contributed by atoms with Gasteiger partial charge >= 0.3 is 6.18 Å². The molecule has 9 heteroatoms. The number of aromatic nitrogens is 1. The lowest BCUT2D eigenvalue weighted by Gasteiger charge is -2.18. The number of anilines is 1. The number of aliphatic hydroxyl groups excluding tert-OH is 1. The standard InChI is InChI=1S/C17H17F4N3O2/c18-13-8-24(9-14(13)25)11-2-1-3-12(6-11)26-16-5-10(7-22)4-15(23-16)17(19,20)21/h1-6,13-14,25H,7-9,22H2/t13-,14-/m1/s1. The number of alkyl halides is 4. The maximum Gasteiger partial charge on any atom is 0.433 e. The quantitative estimate of drug-likeness (QED) is 0.809. The van der Waals surface area contributed by atoms with Crippen LogP contribution in [0.1, 0.15) is 11.3 Å². The molecule has 0 radical (unpaired) electrons. The lowest BCUT2D eigenvalue weighted by molar-refractivity contribution is -0.141. The van der Waals surface area contributed by atoms with Crippen LogP contribution in [0.3, 0.4) is 0 Å². The van der Waals surface area contributed by atoms with E-state index < -0.39 is 24.1 Å². The van der Waals surface area contributed by atoms with Gasteiger partial charge in [0.2, 0.25) is 5.88 Å². The molecule has 3 N–H and O–H groups in total. The molecule has 0 saturated carbocycles. The van der Waals surface area contributed by atoms with Gasteiger partial charge in [-0.3, -0.25) is 0 Å². The van der Waals surface area contributed by atoms with Crippen LogP contribution in [0.2, 0.25) is 0 Å². The van der Waals surface area contributed by atoms with Gasteiger partial charge in [0.1, 0.15) is 23.7 Å². The molecule has 0 spiro atoms. The van der Waals surface area contributed by atoms with Crippen molar-refractivity contribution in [2.75, 3.05) is 18.0 Å². The molecule has 0 amide bonds. The molecular weight excluding hydrogens is 354 g/mol. The summed E-state index contributed by atoms with van der Waals surface area (Å²) in [5.41, 5.74) is 5.18. The molecule has 140 valence electrons. The van der Waals surface area contributed by atoms with Crippen LogP contribution < -0.4 is 15.4 Å². The van der Waals surface area contributed by atoms with E-state index in [2.05, 4.69) is 4.98 Å². The predicted molar refractivity (Wildman–Crippen MR) is 86.8 cm³/mol. The molecule has 1 aliphatic rings. The first-order chi connectivity index (χ1) is 12.3. The Morgan fingerprint density at radius 1 is 1.23 bits per heavy atom. The largest absolute Gasteiger partial charge is 0.439 e. The van der Waals surface area contributed by atoms with Crippen LogP contribution in [0.25, 0.3) is 0 Å². The second kappa shape index (κ2) is 7.08. The van der Waals surface area contributed by atoms with Crippen LogP contribution in [-0.4, -0.2) is 35.5 Å². The summed E-state index contributed by atoms with van der Waals surface area (Å²) in [7, 11) is 0. The van der Waals surface area contributed by atoms with Crippen molar-refractivity contribution < 1.29 is 27.4 Å². The fourth-order valence-corrected chi connectivity index (χ4v) is 2.70. The molecule has 3 rings (SSSR count). The lowest BCUT2D eigenvalue weighted by atomic mass is 10.2. The van der Waals surface area contributed by atoms with E-state index >= 15 is 0 Å². The average Bonchev–Trinajstić information content (AvgIpc) is 2.93. The fourth-order valence-electron chi connectivity index (χ4n) is 2.70. The second-order valence-electron chi connectivity index (χ2n) is 5.99. The summed E-state index contributed by atoms with van der Waals surface area (Å²) in [5.74, 6) is 0.0105. The second-order valence-corrected chi connectivity index (χ2v) is 5.99. The van der Waals surface area contributed by atoms with Gasteiger partial charge in [-0.15, -0.1) is 0 Å². The van der Waals surface area contributed by atoms with Crippen molar-refractivity contribution in [3.8, 4) is 11.6 Å². The number of nitrogens with zero attached hydrogens (tertiary/aromatic N) is 2. The summed E-state index contributed by atoms with van der Waals surface area (Å²) in [6, 6.07) is 8.62. The van der Waals surface area contributed by atoms with E-state index in [1.165, 1.54) is 6.07 Å². The number of hydrogen-bond acceptors (Lipinski definition) is 5. The summed E-state index contributed by atoms with van der Waals surface area (Å²) in [6.07, 6.45) is -7.04. The number of nitrogens with two attached hydrogens (primary N) is 1. The zero-order valence-corrected chi connectivity index (χ0v) is 13.6. The molecule has 2 aromatic rings. The van der Waals surface area contributed by atoms with Gasteiger partial charge in [0.15, 0.2) is 0 Å². The van der Waals surface area contributed by atoms with Crippen LogP contribution in [0, 0.1) is 0 Å². The Bertz CT molecular complexity index is 775. The molecule has 1 saturated heterocycles. The third-order valence-corrected chi connectivity index (χ3v) is 4.01. The predicted octanol–water partition coefficient (Wildman–Crippen LogP) is 2.87. The highest BCUT2D eigenvalue weighted by atomic mass is 19.4. The minimum absolute atomic E-state index is 0.0315. The highest BCUT2D eigenvalue weighted by Crippen LogP contribution is 2.32. The summed E-state index contributed by atoms with van der Waals surface area (Å²) in [6.45, 7) is 0.0685. The Balaban J connectivity index is 1.84. The Hall–Kier alpha value is -2.39. The Kier molecular flexibility index (Phi) is 5.01. The zero-order valence-electron chi connectivity index (χ0n) is 13.6. The number of ether oxygens (including phenoxy) is 1. The first-order valence-electron chi connectivity index (χ1n) is 7.89. The molecule has 1 fully saturated rings. The molecule has 2 atom stereocenters. The van der Waals surface area contributed by atoms with Gasteiger partial charge in [0.25, 0.3) is 0 Å². The molecule has 26 heavy (non-hydrogen) atoms. The number of aliphatic hydroxyl groups is 1. The van der Waals surface area contributed by atoms with E-state index in [1.807, 2.05) is 0 Å². The van der Waals surface area contributed by atoms with E-state index in [1.54, 1.807) is 29.2 Å². The highest BCUT2D eigenvalue weighted by Gasteiger charge is 2.34. The first-order valence-corrected chi connectivity index (χ1v) is 7.89. The van der Waals surface area contributed by atoms with Crippen LogP contribution in [0.4, 0.5) is 23.2 Å². The van der Waals surface area contributed by atoms with Crippen molar-refractivity contribution >= 4 is 5.69 Å². The van der Waals surface area contributed by atoms with Crippen molar-refractivity contribution in [2.45, 2.75) is 25.0 Å². The minimum atomic E-state index is -4.62. The lowest BCUT2D eigenvalue weighted by Crippen LogP contribution is -2.20. The normalized spacial score (nSPS) is 20.5. The molecule has 0 bridgehead atoms. The molecule has 1 aromatic heterocycles. The van der Waals surface area contributed by atoms with Crippen molar-refractivity contribution in [1.82, 2.24) is 4.98 Å². The first kappa shape index (κ1) is 18.4. The number of β-amino-alcohol motifs (C(OH)–C–C–N with tert-alkyl or cyclic N) is 1. The SMILES string of the molecule is NCc1cc(Oc2cccc(N3C[C@@H](O)[C@H](F)C3)c2)nc(C(F)(F)F)c1. The van der Waals surface area contributed by atoms with Crippen molar-refractivity contribution in [3.05, 3.63) is 47.7 Å². The number of benzene rings is 1. The smallest absolute Gasteiger partial charge is 0.433 e. The highest BCUT2D eigenvalue weighted by molar-refractivity contribution is 5.52. The number of halogens is 4. The molecule has 2 heterocycles. The van der Waals surface area contributed by atoms with Gasteiger partial charge in [-0.25, -0.2) is 9.37 Å². The molecule has 0 aliphatic carbocycles. The Labute approximate surface area is 147 Å². The maximum atomic E-state index is 13.5. The van der Waals surface area contributed by atoms with Gasteiger partial charge in [-0.05, 0) is 23.8 Å². The van der Waals surface area contributed by atoms with Gasteiger partial charge in [-0.1, -0.05) is 6.07 Å². The number of pyridine rings is 1. The van der Waals surface area contributed by atoms with Crippen LogP contribution in [0.5, 0.6) is 11.6 Å². The van der Waals surface area contributed by atoms with Gasteiger partial charge in [0.05, 0.1) is 6.54 Å². The van der Waals surface area contributed by atoms with E-state index in [0.29, 0.717) is 5.69 Å². The molecule has 1 aliphatic heterocycles. The van der Waals surface area contributed by atoms with Crippen molar-refractivity contribution in [1.29, 1.82) is 0 Å². The van der Waals surface area contributed by atoms with Crippen molar-refractivity contribution in [3.63, 3.8) is 0 Å². The zero-order chi connectivity index (χ0) is 18.9. The monoisotopic (exact) mass is 371 g/mol. The topological polar surface area (TPSA) is 71.6 Å². The minimum Gasteiger partial charge on any atom is -0.439 e. The molecule has 5 nitrogen and oxygen atoms in total. The van der Waals surface area contributed by atoms with Crippen LogP contribution >= 0.6 is 0 Å². The van der Waals surface area contributed by atoms with E-state index in [4.69, 9.17) is 10.5 Å². The Morgan fingerprint density at radius 3 is 2.62 bits per heavy atom. The van der Waals surface area contributed by atoms with Crippen LogP contribution in [-0.2, 0) is 12.7 Å². The van der Waals surface area contributed by atoms with E-state index in [9.17, 15) is 22.7 Å². The van der Waals surface area contributed by atoms with Gasteiger partial charge < -0.3 is 20.5 Å². The fraction of sp³-hybridized carbons (Fsp3) is 0.353. The summed E-state index contributed by atoms with van der Waals surface area (Å²) in [5, 5.41) is 9.52.